The summed E-state index contributed by atoms with van der Waals surface area (Å²) >= 11 is 9.30. The highest BCUT2D eigenvalue weighted by Gasteiger charge is 2.15. The van der Waals surface area contributed by atoms with Crippen LogP contribution >= 0.6 is 27.5 Å². The van der Waals surface area contributed by atoms with Gasteiger partial charge in [-0.2, -0.15) is 0 Å². The van der Waals surface area contributed by atoms with Crippen molar-refractivity contribution in [1.29, 1.82) is 0 Å². The number of hydrogen-bond acceptors (Lipinski definition) is 4. The van der Waals surface area contributed by atoms with Gasteiger partial charge in [0.05, 0.1) is 19.9 Å². The highest BCUT2D eigenvalue weighted by Crippen LogP contribution is 2.41. The van der Waals surface area contributed by atoms with Crippen LogP contribution in [0.1, 0.15) is 0 Å². The third-order valence-electron chi connectivity index (χ3n) is 2.40. The molecule has 0 saturated carbocycles. The number of rotatable bonds is 3. The van der Waals surface area contributed by atoms with Gasteiger partial charge in [-0.3, -0.25) is 0 Å². The monoisotopic (exact) mass is 328 g/mol. The van der Waals surface area contributed by atoms with Crippen LogP contribution < -0.4 is 9.47 Å². The summed E-state index contributed by atoms with van der Waals surface area (Å²) in [5, 5.41) is 0.383. The lowest BCUT2D eigenvalue weighted by Crippen LogP contribution is -1.94. The molecule has 1 aromatic heterocycles. The van der Waals surface area contributed by atoms with Crippen LogP contribution in [0.25, 0.3) is 11.3 Å². The molecule has 0 unspecified atom stereocenters. The van der Waals surface area contributed by atoms with Crippen molar-refractivity contribution in [1.82, 2.24) is 9.97 Å². The maximum atomic E-state index is 5.86. The lowest BCUT2D eigenvalue weighted by atomic mass is 10.1. The van der Waals surface area contributed by atoms with Crippen LogP contribution in [-0.2, 0) is 0 Å². The molecule has 0 spiro atoms. The molecular formula is C12H10BrClN2O2. The molecule has 1 aromatic carbocycles. The number of aromatic nitrogens is 2. The first-order chi connectivity index (χ1) is 8.67. The van der Waals surface area contributed by atoms with E-state index in [0.717, 1.165) is 10.0 Å². The second-order valence-corrected chi connectivity index (χ2v) is 4.57. The maximum absolute atomic E-state index is 5.86. The summed E-state index contributed by atoms with van der Waals surface area (Å²) < 4.78 is 11.3. The number of nitrogens with zero attached hydrogens (tertiary/aromatic N) is 2. The van der Waals surface area contributed by atoms with E-state index in [4.69, 9.17) is 21.1 Å². The molecule has 0 aliphatic heterocycles. The van der Waals surface area contributed by atoms with Crippen molar-refractivity contribution in [2.75, 3.05) is 14.2 Å². The molecule has 0 N–H and O–H groups in total. The lowest BCUT2D eigenvalue weighted by Gasteiger charge is -2.12. The first-order valence-electron chi connectivity index (χ1n) is 5.05. The molecule has 0 bridgehead atoms. The fourth-order valence-electron chi connectivity index (χ4n) is 1.58. The molecule has 0 radical (unpaired) electrons. The molecule has 18 heavy (non-hydrogen) atoms. The second-order valence-electron chi connectivity index (χ2n) is 3.39. The Kier molecular flexibility index (Phi) is 4.04. The Labute approximate surface area is 118 Å². The predicted octanol–water partition coefficient (Wildman–Crippen LogP) is 3.58. The molecule has 2 aromatic rings. The summed E-state index contributed by atoms with van der Waals surface area (Å²) in [4.78, 5) is 8.03. The molecule has 94 valence electrons. The fraction of sp³-hybridized carbons (Fsp3) is 0.167. The Morgan fingerprint density at radius 1 is 1.17 bits per heavy atom. The zero-order valence-corrected chi connectivity index (χ0v) is 12.1. The van der Waals surface area contributed by atoms with Crippen LogP contribution in [0.2, 0.25) is 5.15 Å². The smallest absolute Gasteiger partial charge is 0.146 e. The van der Waals surface area contributed by atoms with E-state index in [1.807, 2.05) is 12.1 Å². The quantitative estimate of drug-likeness (QED) is 0.807. The summed E-state index contributed by atoms with van der Waals surface area (Å²) in [5.41, 5.74) is 1.50. The van der Waals surface area contributed by atoms with E-state index < -0.39 is 0 Å². The molecule has 0 atom stereocenters. The predicted molar refractivity (Wildman–Crippen MR) is 73.3 cm³/mol. The Morgan fingerprint density at radius 3 is 2.56 bits per heavy atom. The number of ether oxygens (including phenoxy) is 2. The minimum Gasteiger partial charge on any atom is -0.495 e. The minimum absolute atomic E-state index is 0.383. The van der Waals surface area contributed by atoms with Crippen molar-refractivity contribution in [2.24, 2.45) is 0 Å². The van der Waals surface area contributed by atoms with E-state index >= 15 is 0 Å². The van der Waals surface area contributed by atoms with Crippen LogP contribution in [0.15, 0.2) is 29.0 Å². The topological polar surface area (TPSA) is 44.2 Å². The van der Waals surface area contributed by atoms with Gasteiger partial charge in [-0.15, -0.1) is 0 Å². The van der Waals surface area contributed by atoms with Gasteiger partial charge in [-0.05, 0) is 28.1 Å². The zero-order valence-electron chi connectivity index (χ0n) is 9.78. The lowest BCUT2D eigenvalue weighted by molar-refractivity contribution is 0.390. The van der Waals surface area contributed by atoms with E-state index in [1.54, 1.807) is 20.3 Å². The van der Waals surface area contributed by atoms with Crippen molar-refractivity contribution < 1.29 is 9.47 Å². The summed E-state index contributed by atoms with van der Waals surface area (Å²) in [7, 11) is 3.19. The molecule has 0 aliphatic rings. The molecule has 0 aliphatic carbocycles. The van der Waals surface area contributed by atoms with E-state index in [1.165, 1.54) is 6.33 Å². The van der Waals surface area contributed by atoms with Crippen molar-refractivity contribution in [3.05, 3.63) is 34.2 Å². The third kappa shape index (κ3) is 2.42. The zero-order chi connectivity index (χ0) is 13.1. The summed E-state index contributed by atoms with van der Waals surface area (Å²) in [5.74, 6) is 1.33. The largest absolute Gasteiger partial charge is 0.495 e. The van der Waals surface area contributed by atoms with E-state index in [9.17, 15) is 0 Å². The SMILES string of the molecule is COc1ccc(-c2cc(Cl)ncn2)c(OC)c1Br. The van der Waals surface area contributed by atoms with Gasteiger partial charge < -0.3 is 9.47 Å². The van der Waals surface area contributed by atoms with Crippen molar-refractivity contribution in [2.45, 2.75) is 0 Å². The van der Waals surface area contributed by atoms with E-state index in [-0.39, 0.29) is 0 Å². The third-order valence-corrected chi connectivity index (χ3v) is 3.35. The Hall–Kier alpha value is -1.33. The average molecular weight is 330 g/mol. The van der Waals surface area contributed by atoms with Gasteiger partial charge >= 0.3 is 0 Å². The fourth-order valence-corrected chi connectivity index (χ4v) is 2.39. The first kappa shape index (κ1) is 13.1. The van der Waals surface area contributed by atoms with Gasteiger partial charge in [0.25, 0.3) is 0 Å². The summed E-state index contributed by atoms with van der Waals surface area (Å²) in [6.07, 6.45) is 1.41. The molecular weight excluding hydrogens is 320 g/mol. The first-order valence-corrected chi connectivity index (χ1v) is 6.23. The van der Waals surface area contributed by atoms with Gasteiger partial charge in [-0.1, -0.05) is 11.6 Å². The Bertz CT molecular complexity index is 578. The Balaban J connectivity index is 2.61. The number of halogens is 2. The van der Waals surface area contributed by atoms with Crippen LogP contribution in [0.4, 0.5) is 0 Å². The van der Waals surface area contributed by atoms with Gasteiger partial charge in [0.2, 0.25) is 0 Å². The maximum Gasteiger partial charge on any atom is 0.146 e. The number of methoxy groups -OCH3 is 2. The minimum atomic E-state index is 0.383. The van der Waals surface area contributed by atoms with Crippen LogP contribution in [-0.4, -0.2) is 24.2 Å². The standard InChI is InChI=1S/C12H10BrClN2O2/c1-17-9-4-3-7(12(18-2)11(9)13)8-5-10(14)16-6-15-8/h3-6H,1-2H3. The molecule has 4 nitrogen and oxygen atoms in total. The summed E-state index contributed by atoms with van der Waals surface area (Å²) in [6, 6.07) is 5.37. The van der Waals surface area contributed by atoms with Crippen molar-refractivity contribution in [3.8, 4) is 22.8 Å². The molecule has 6 heteroatoms. The highest BCUT2D eigenvalue weighted by atomic mass is 79.9. The van der Waals surface area contributed by atoms with Gasteiger partial charge in [0.1, 0.15) is 27.5 Å². The Morgan fingerprint density at radius 2 is 1.94 bits per heavy atom. The van der Waals surface area contributed by atoms with E-state index in [2.05, 4.69) is 25.9 Å². The number of benzene rings is 1. The summed E-state index contributed by atoms with van der Waals surface area (Å²) in [6.45, 7) is 0. The van der Waals surface area contributed by atoms with Crippen LogP contribution in [0.5, 0.6) is 11.5 Å². The van der Waals surface area contributed by atoms with Crippen molar-refractivity contribution in [3.63, 3.8) is 0 Å². The molecule has 1 heterocycles. The van der Waals surface area contributed by atoms with Crippen LogP contribution in [0, 0.1) is 0 Å². The molecule has 0 fully saturated rings. The van der Waals surface area contributed by atoms with Gasteiger partial charge in [0, 0.05) is 11.6 Å². The molecule has 2 rings (SSSR count). The van der Waals surface area contributed by atoms with Gasteiger partial charge in [0.15, 0.2) is 0 Å². The normalized spacial score (nSPS) is 10.2. The molecule has 0 amide bonds. The van der Waals surface area contributed by atoms with Gasteiger partial charge in [-0.25, -0.2) is 9.97 Å². The van der Waals surface area contributed by atoms with Crippen LogP contribution in [0.3, 0.4) is 0 Å². The van der Waals surface area contributed by atoms with Crippen molar-refractivity contribution >= 4 is 27.5 Å². The highest BCUT2D eigenvalue weighted by molar-refractivity contribution is 9.10. The number of hydrogen-bond donors (Lipinski definition) is 0. The molecule has 0 saturated heterocycles. The average Bonchev–Trinajstić information content (AvgIpc) is 2.38. The van der Waals surface area contributed by atoms with E-state index in [0.29, 0.717) is 22.3 Å². The second kappa shape index (κ2) is 5.54.